The predicted molar refractivity (Wildman–Crippen MR) is 74.5 cm³/mol. The molecule has 0 radical (unpaired) electrons. The summed E-state index contributed by atoms with van der Waals surface area (Å²) >= 11 is 3.14. The molecular weight excluding hydrogens is 325 g/mol. The third-order valence-corrected chi connectivity index (χ3v) is 3.67. The second-order valence-electron chi connectivity index (χ2n) is 4.13. The third-order valence-electron chi connectivity index (χ3n) is 3.07. The van der Waals surface area contributed by atoms with Gasteiger partial charge >= 0.3 is 0 Å². The molecule has 1 N–H and O–H groups in total. The summed E-state index contributed by atoms with van der Waals surface area (Å²) in [5.41, 5.74) is 0.822. The Balaban J connectivity index is 0.00000162. The lowest BCUT2D eigenvalue weighted by Crippen LogP contribution is -2.45. The van der Waals surface area contributed by atoms with Crippen LogP contribution in [0, 0.1) is 5.82 Å². The molecule has 0 aromatic heterocycles. The van der Waals surface area contributed by atoms with Gasteiger partial charge in [0.15, 0.2) is 0 Å². The molecular formula is C12H16BrClF2N2. The van der Waals surface area contributed by atoms with Crippen molar-refractivity contribution in [2.75, 3.05) is 32.9 Å². The molecule has 1 aliphatic rings. The van der Waals surface area contributed by atoms with E-state index in [1.165, 1.54) is 6.07 Å². The summed E-state index contributed by atoms with van der Waals surface area (Å²) in [6.07, 6.45) is 0. The molecule has 1 fully saturated rings. The highest BCUT2D eigenvalue weighted by molar-refractivity contribution is 9.10. The molecule has 0 amide bonds. The Morgan fingerprint density at radius 3 is 2.56 bits per heavy atom. The van der Waals surface area contributed by atoms with Gasteiger partial charge in [0.05, 0.1) is 10.5 Å². The summed E-state index contributed by atoms with van der Waals surface area (Å²) in [4.78, 5) is 2.09. The first-order valence-electron chi connectivity index (χ1n) is 5.68. The van der Waals surface area contributed by atoms with Crippen LogP contribution in [0.5, 0.6) is 0 Å². The van der Waals surface area contributed by atoms with E-state index in [4.69, 9.17) is 0 Å². The van der Waals surface area contributed by atoms with Gasteiger partial charge in [0.1, 0.15) is 12.5 Å². The van der Waals surface area contributed by atoms with E-state index in [2.05, 4.69) is 26.1 Å². The first kappa shape index (κ1) is 15.8. The maximum atomic E-state index is 13.2. The predicted octanol–water partition coefficient (Wildman–Crippen LogP) is 2.93. The Kier molecular flexibility index (Phi) is 6.49. The van der Waals surface area contributed by atoms with Crippen LogP contribution in [0.4, 0.5) is 8.78 Å². The zero-order valence-electron chi connectivity index (χ0n) is 9.83. The molecule has 1 aromatic rings. The van der Waals surface area contributed by atoms with Crippen LogP contribution in [0.3, 0.4) is 0 Å². The van der Waals surface area contributed by atoms with Gasteiger partial charge in [-0.1, -0.05) is 6.07 Å². The number of alkyl halides is 1. The van der Waals surface area contributed by atoms with Gasteiger partial charge in [0.25, 0.3) is 0 Å². The van der Waals surface area contributed by atoms with Crippen molar-refractivity contribution in [3.8, 4) is 0 Å². The van der Waals surface area contributed by atoms with E-state index < -0.39 is 6.67 Å². The van der Waals surface area contributed by atoms with Crippen LogP contribution in [0.15, 0.2) is 22.7 Å². The number of benzene rings is 1. The normalized spacial score (nSPS) is 18.2. The molecule has 1 atom stereocenters. The zero-order valence-corrected chi connectivity index (χ0v) is 12.2. The summed E-state index contributed by atoms with van der Waals surface area (Å²) < 4.78 is 26.7. The molecule has 1 heterocycles. The zero-order chi connectivity index (χ0) is 12.3. The van der Waals surface area contributed by atoms with Gasteiger partial charge in [-0.3, -0.25) is 4.90 Å². The minimum absolute atomic E-state index is 0. The van der Waals surface area contributed by atoms with Crippen molar-refractivity contribution < 1.29 is 8.78 Å². The van der Waals surface area contributed by atoms with Gasteiger partial charge < -0.3 is 5.32 Å². The van der Waals surface area contributed by atoms with Gasteiger partial charge in [0.2, 0.25) is 0 Å². The molecule has 0 saturated carbocycles. The van der Waals surface area contributed by atoms with Crippen molar-refractivity contribution in [2.24, 2.45) is 0 Å². The maximum absolute atomic E-state index is 13.2. The minimum Gasteiger partial charge on any atom is -0.314 e. The van der Waals surface area contributed by atoms with Crippen LogP contribution in [0.1, 0.15) is 11.6 Å². The number of rotatable bonds is 3. The van der Waals surface area contributed by atoms with Crippen molar-refractivity contribution in [3.05, 3.63) is 34.1 Å². The highest BCUT2D eigenvalue weighted by atomic mass is 79.9. The molecule has 2 nitrogen and oxygen atoms in total. The highest BCUT2D eigenvalue weighted by Gasteiger charge is 2.22. The third kappa shape index (κ3) is 3.63. The fraction of sp³-hybridized carbons (Fsp3) is 0.500. The van der Waals surface area contributed by atoms with Crippen LogP contribution in [-0.2, 0) is 0 Å². The van der Waals surface area contributed by atoms with Gasteiger partial charge in [-0.05, 0) is 33.6 Å². The molecule has 6 heteroatoms. The van der Waals surface area contributed by atoms with Crippen LogP contribution < -0.4 is 5.32 Å². The largest absolute Gasteiger partial charge is 0.314 e. The van der Waals surface area contributed by atoms with Crippen molar-refractivity contribution in [2.45, 2.75) is 6.04 Å². The summed E-state index contributed by atoms with van der Waals surface area (Å²) in [6, 6.07) is 4.44. The van der Waals surface area contributed by atoms with Gasteiger partial charge in [-0.25, -0.2) is 8.78 Å². The Bertz CT molecular complexity index is 386. The minimum atomic E-state index is -0.446. The summed E-state index contributed by atoms with van der Waals surface area (Å²) in [5, 5.41) is 3.23. The number of piperazine rings is 1. The average Bonchev–Trinajstić information content (AvgIpc) is 2.36. The molecule has 2 rings (SSSR count). The molecule has 1 saturated heterocycles. The molecule has 0 bridgehead atoms. The SMILES string of the molecule is Cl.FC[C@H](c1ccc(F)c(Br)c1)N1CCNCC1. The standard InChI is InChI=1S/C12H15BrF2N2.ClH/c13-10-7-9(1-2-11(10)15)12(8-14)17-5-3-16-4-6-17;/h1-2,7,12,16H,3-6,8H2;1H/t12-;/m1./s1. The van der Waals surface area contributed by atoms with Gasteiger partial charge in [0, 0.05) is 26.2 Å². The van der Waals surface area contributed by atoms with Crippen LogP contribution >= 0.6 is 28.3 Å². The lowest BCUT2D eigenvalue weighted by Gasteiger charge is -2.33. The summed E-state index contributed by atoms with van der Waals surface area (Å²) in [6.45, 7) is 2.95. The Morgan fingerprint density at radius 1 is 1.33 bits per heavy atom. The van der Waals surface area contributed by atoms with Crippen LogP contribution in [0.25, 0.3) is 0 Å². The van der Waals surface area contributed by atoms with Crippen LogP contribution in [0.2, 0.25) is 0 Å². The molecule has 1 aliphatic heterocycles. The maximum Gasteiger partial charge on any atom is 0.137 e. The fourth-order valence-electron chi connectivity index (χ4n) is 2.11. The van der Waals surface area contributed by atoms with Crippen molar-refractivity contribution in [1.29, 1.82) is 0 Å². The number of hydrogen-bond acceptors (Lipinski definition) is 2. The topological polar surface area (TPSA) is 15.3 Å². The number of nitrogens with one attached hydrogen (secondary N) is 1. The quantitative estimate of drug-likeness (QED) is 0.909. The summed E-state index contributed by atoms with van der Waals surface area (Å²) in [7, 11) is 0. The molecule has 18 heavy (non-hydrogen) atoms. The van der Waals surface area contributed by atoms with Crippen molar-refractivity contribution in [3.63, 3.8) is 0 Å². The fourth-order valence-corrected chi connectivity index (χ4v) is 2.51. The Hall–Kier alpha value is -0.230. The Morgan fingerprint density at radius 2 is 2.00 bits per heavy atom. The Labute approximate surface area is 120 Å². The van der Waals surface area contributed by atoms with E-state index in [1.54, 1.807) is 12.1 Å². The van der Waals surface area contributed by atoms with Crippen molar-refractivity contribution in [1.82, 2.24) is 10.2 Å². The number of nitrogens with zero attached hydrogens (tertiary/aromatic N) is 1. The molecule has 1 aromatic carbocycles. The molecule has 0 unspecified atom stereocenters. The second-order valence-corrected chi connectivity index (χ2v) is 4.98. The smallest absolute Gasteiger partial charge is 0.137 e. The van der Waals surface area contributed by atoms with Gasteiger partial charge in [-0.15, -0.1) is 12.4 Å². The monoisotopic (exact) mass is 340 g/mol. The summed E-state index contributed by atoms with van der Waals surface area (Å²) in [5.74, 6) is -0.313. The van der Waals surface area contributed by atoms with Crippen LogP contribution in [-0.4, -0.2) is 37.8 Å². The van der Waals surface area contributed by atoms with E-state index in [-0.39, 0.29) is 24.3 Å². The van der Waals surface area contributed by atoms with Crippen molar-refractivity contribution >= 4 is 28.3 Å². The second kappa shape index (κ2) is 7.38. The first-order chi connectivity index (χ1) is 8.22. The first-order valence-corrected chi connectivity index (χ1v) is 6.47. The molecule has 102 valence electrons. The van der Waals surface area contributed by atoms with E-state index in [0.717, 1.165) is 31.7 Å². The van der Waals surface area contributed by atoms with Gasteiger partial charge in [-0.2, -0.15) is 0 Å². The van der Waals surface area contributed by atoms with E-state index >= 15 is 0 Å². The van der Waals surface area contributed by atoms with E-state index in [0.29, 0.717) is 4.47 Å². The highest BCUT2D eigenvalue weighted by Crippen LogP contribution is 2.26. The lowest BCUT2D eigenvalue weighted by molar-refractivity contribution is 0.147. The number of halogens is 4. The molecule has 0 aliphatic carbocycles. The lowest BCUT2D eigenvalue weighted by atomic mass is 10.1. The van der Waals surface area contributed by atoms with E-state index in [9.17, 15) is 8.78 Å². The average molecular weight is 342 g/mol. The molecule has 0 spiro atoms. The van der Waals surface area contributed by atoms with E-state index in [1.807, 2.05) is 0 Å². The number of hydrogen-bond donors (Lipinski definition) is 1.